The first-order chi connectivity index (χ1) is 13.9. The normalized spacial score (nSPS) is 15.2. The van der Waals surface area contributed by atoms with Gasteiger partial charge in [0.1, 0.15) is 11.5 Å². The predicted octanol–water partition coefficient (Wildman–Crippen LogP) is 4.05. The minimum absolute atomic E-state index is 0.0786. The molecule has 160 valence electrons. The number of hydrazone groups is 1. The Morgan fingerprint density at radius 2 is 1.73 bits per heavy atom. The molecule has 0 bridgehead atoms. The molecular weight excluding hydrogens is 378 g/mol. The van der Waals surface area contributed by atoms with E-state index in [2.05, 4.69) is 31.2 Å². The third kappa shape index (κ3) is 4.96. The van der Waals surface area contributed by atoms with E-state index in [-0.39, 0.29) is 29.2 Å². The summed E-state index contributed by atoms with van der Waals surface area (Å²) >= 11 is 0. The van der Waals surface area contributed by atoms with Gasteiger partial charge in [-0.2, -0.15) is 10.2 Å². The van der Waals surface area contributed by atoms with Gasteiger partial charge in [-0.15, -0.1) is 0 Å². The van der Waals surface area contributed by atoms with Crippen LogP contribution in [0.25, 0.3) is 0 Å². The lowest BCUT2D eigenvalue weighted by Gasteiger charge is -2.25. The van der Waals surface area contributed by atoms with Crippen molar-refractivity contribution in [3.63, 3.8) is 0 Å². The second-order valence-corrected chi connectivity index (χ2v) is 9.69. The largest absolute Gasteiger partial charge is 0.306 e. The molecule has 2 aromatic rings. The quantitative estimate of drug-likeness (QED) is 0.827. The van der Waals surface area contributed by atoms with Crippen molar-refractivity contribution in [3.05, 3.63) is 47.7 Å². The van der Waals surface area contributed by atoms with Crippen molar-refractivity contribution in [1.82, 2.24) is 14.8 Å². The number of carbonyl (C=O) groups excluding carboxylic acids is 2. The number of nitrogens with zero attached hydrogens (tertiary/aromatic N) is 4. The smallest absolute Gasteiger partial charge is 0.273 e. The monoisotopic (exact) mass is 409 g/mol. The van der Waals surface area contributed by atoms with E-state index in [9.17, 15) is 9.59 Å². The van der Waals surface area contributed by atoms with Crippen molar-refractivity contribution in [3.8, 4) is 0 Å². The van der Waals surface area contributed by atoms with Gasteiger partial charge in [-0.3, -0.25) is 9.59 Å². The van der Waals surface area contributed by atoms with Crippen molar-refractivity contribution >= 4 is 23.3 Å². The fraction of sp³-hybridized carbons (Fsp3) is 0.478. The topological polar surface area (TPSA) is 79.6 Å². The molecule has 3 rings (SSSR count). The van der Waals surface area contributed by atoms with Gasteiger partial charge in [-0.25, -0.2) is 9.69 Å². The molecule has 0 unspecified atom stereocenters. The molecule has 2 heterocycles. The molecule has 1 aliphatic rings. The maximum absolute atomic E-state index is 13.0. The number of carbonyl (C=O) groups is 2. The summed E-state index contributed by atoms with van der Waals surface area (Å²) in [6.07, 6.45) is 0.594. The fourth-order valence-corrected chi connectivity index (χ4v) is 3.18. The molecule has 0 spiro atoms. The SMILES string of the molecule is CC(C)(C)c1cc(NC(=O)C2=NN(Cc3ccccc3)C(=O)CC2)n(C(C)(C)C)n1. The summed E-state index contributed by atoms with van der Waals surface area (Å²) in [6, 6.07) is 11.6. The zero-order chi connectivity index (χ0) is 22.1. The highest BCUT2D eigenvalue weighted by Gasteiger charge is 2.28. The number of hydrogen-bond donors (Lipinski definition) is 1. The molecule has 0 radical (unpaired) electrons. The molecule has 1 aromatic carbocycles. The van der Waals surface area contributed by atoms with Gasteiger partial charge < -0.3 is 5.32 Å². The number of hydrogen-bond acceptors (Lipinski definition) is 4. The maximum Gasteiger partial charge on any atom is 0.273 e. The summed E-state index contributed by atoms with van der Waals surface area (Å²) in [5, 5.41) is 13.4. The van der Waals surface area contributed by atoms with Crippen LogP contribution in [0.4, 0.5) is 5.82 Å². The summed E-state index contributed by atoms with van der Waals surface area (Å²) in [4.78, 5) is 25.3. The summed E-state index contributed by atoms with van der Waals surface area (Å²) in [6.45, 7) is 12.7. The van der Waals surface area contributed by atoms with Gasteiger partial charge in [-0.1, -0.05) is 51.1 Å². The van der Waals surface area contributed by atoms with Crippen LogP contribution in [0.1, 0.15) is 65.6 Å². The third-order valence-corrected chi connectivity index (χ3v) is 4.90. The van der Waals surface area contributed by atoms with Gasteiger partial charge in [0.05, 0.1) is 17.8 Å². The minimum Gasteiger partial charge on any atom is -0.306 e. The van der Waals surface area contributed by atoms with Crippen molar-refractivity contribution < 1.29 is 9.59 Å². The molecule has 2 amide bonds. The number of rotatable bonds is 4. The predicted molar refractivity (Wildman–Crippen MR) is 118 cm³/mol. The molecule has 0 saturated heterocycles. The molecule has 0 aliphatic carbocycles. The van der Waals surface area contributed by atoms with E-state index in [1.165, 1.54) is 5.01 Å². The first-order valence-electron chi connectivity index (χ1n) is 10.3. The molecular formula is C23H31N5O2. The average Bonchev–Trinajstić information content (AvgIpc) is 3.09. The molecule has 0 atom stereocenters. The van der Waals surface area contributed by atoms with Crippen LogP contribution in [0.3, 0.4) is 0 Å². The highest BCUT2D eigenvalue weighted by molar-refractivity contribution is 6.43. The molecule has 1 aromatic heterocycles. The Morgan fingerprint density at radius 1 is 1.07 bits per heavy atom. The Balaban J connectivity index is 1.84. The highest BCUT2D eigenvalue weighted by atomic mass is 16.2. The second-order valence-electron chi connectivity index (χ2n) is 9.69. The van der Waals surface area contributed by atoms with Gasteiger partial charge in [-0.05, 0) is 26.3 Å². The Hall–Kier alpha value is -2.96. The standard InChI is InChI=1S/C23H31N5O2/c1-22(2,3)18-14-19(28(26-18)23(4,5)6)24-21(30)17-12-13-20(29)27(25-17)15-16-10-8-7-9-11-16/h7-11,14H,12-13,15H2,1-6H3,(H,24,30). The summed E-state index contributed by atoms with van der Waals surface area (Å²) in [5.74, 6) is 0.253. The highest BCUT2D eigenvalue weighted by Crippen LogP contribution is 2.28. The van der Waals surface area contributed by atoms with Crippen LogP contribution in [-0.4, -0.2) is 32.3 Å². The first-order valence-corrected chi connectivity index (χ1v) is 10.3. The van der Waals surface area contributed by atoms with E-state index >= 15 is 0 Å². The van der Waals surface area contributed by atoms with Gasteiger partial charge in [0.15, 0.2) is 0 Å². The fourth-order valence-electron chi connectivity index (χ4n) is 3.18. The summed E-state index contributed by atoms with van der Waals surface area (Å²) in [5.41, 5.74) is 1.79. The number of aromatic nitrogens is 2. The van der Waals surface area contributed by atoms with Crippen LogP contribution >= 0.6 is 0 Å². The van der Waals surface area contributed by atoms with Crippen LogP contribution in [0.15, 0.2) is 41.5 Å². The van der Waals surface area contributed by atoms with Crippen LogP contribution in [0.2, 0.25) is 0 Å². The number of benzene rings is 1. The molecule has 0 saturated carbocycles. The van der Waals surface area contributed by atoms with E-state index in [0.717, 1.165) is 11.3 Å². The van der Waals surface area contributed by atoms with Crippen LogP contribution in [-0.2, 0) is 27.1 Å². The first kappa shape index (κ1) is 21.7. The zero-order valence-corrected chi connectivity index (χ0v) is 18.7. The zero-order valence-electron chi connectivity index (χ0n) is 18.7. The number of nitrogens with one attached hydrogen (secondary N) is 1. The Kier molecular flexibility index (Phi) is 5.83. The molecule has 7 heteroatoms. The van der Waals surface area contributed by atoms with Crippen molar-refractivity contribution in [2.45, 2.75) is 71.9 Å². The van der Waals surface area contributed by atoms with Crippen molar-refractivity contribution in [2.24, 2.45) is 5.10 Å². The molecule has 30 heavy (non-hydrogen) atoms. The van der Waals surface area contributed by atoms with E-state index < -0.39 is 0 Å². The van der Waals surface area contributed by atoms with Gasteiger partial charge >= 0.3 is 0 Å². The average molecular weight is 410 g/mol. The second kappa shape index (κ2) is 8.05. The van der Waals surface area contributed by atoms with Crippen molar-refractivity contribution in [1.29, 1.82) is 0 Å². The molecule has 0 fully saturated rings. The summed E-state index contributed by atoms with van der Waals surface area (Å²) < 4.78 is 1.84. The Morgan fingerprint density at radius 3 is 2.33 bits per heavy atom. The van der Waals surface area contributed by atoms with Crippen LogP contribution in [0, 0.1) is 0 Å². The van der Waals surface area contributed by atoms with Crippen molar-refractivity contribution in [2.75, 3.05) is 5.32 Å². The minimum atomic E-state index is -0.300. The third-order valence-electron chi connectivity index (χ3n) is 4.90. The lowest BCUT2D eigenvalue weighted by atomic mass is 9.92. The number of amides is 2. The molecule has 1 aliphatic heterocycles. The van der Waals surface area contributed by atoms with Gasteiger partial charge in [0.25, 0.3) is 5.91 Å². The van der Waals surface area contributed by atoms with E-state index in [4.69, 9.17) is 5.10 Å². The lowest BCUT2D eigenvalue weighted by molar-refractivity contribution is -0.132. The summed E-state index contributed by atoms with van der Waals surface area (Å²) in [7, 11) is 0. The number of anilines is 1. The van der Waals surface area contributed by atoms with Gasteiger partial charge in [0, 0.05) is 24.3 Å². The molecule has 1 N–H and O–H groups in total. The van der Waals surface area contributed by atoms with Crippen LogP contribution in [0.5, 0.6) is 0 Å². The Labute approximate surface area is 178 Å². The maximum atomic E-state index is 13.0. The van der Waals surface area contributed by atoms with E-state index in [1.807, 2.05) is 61.9 Å². The molecule has 7 nitrogen and oxygen atoms in total. The Bertz CT molecular complexity index is 962. The lowest BCUT2D eigenvalue weighted by Crippen LogP contribution is -2.36. The van der Waals surface area contributed by atoms with Gasteiger partial charge in [0.2, 0.25) is 5.91 Å². The van der Waals surface area contributed by atoms with E-state index in [1.54, 1.807) is 0 Å². The van der Waals surface area contributed by atoms with Crippen LogP contribution < -0.4 is 5.32 Å². The van der Waals surface area contributed by atoms with E-state index in [0.29, 0.717) is 24.5 Å².